The highest BCUT2D eigenvalue weighted by atomic mass is 35.5. The smallest absolute Gasteiger partial charge is 0.337 e. The third kappa shape index (κ3) is 5.17. The molecule has 0 aliphatic carbocycles. The van der Waals surface area contributed by atoms with Crippen molar-refractivity contribution in [3.63, 3.8) is 0 Å². The molecule has 1 N–H and O–H groups in total. The number of rotatable bonds is 4. The van der Waals surface area contributed by atoms with Gasteiger partial charge in [-0.15, -0.1) is 0 Å². The highest BCUT2D eigenvalue weighted by molar-refractivity contribution is 6.74. The van der Waals surface area contributed by atoms with Crippen LogP contribution in [0.3, 0.4) is 0 Å². The van der Waals surface area contributed by atoms with Gasteiger partial charge in [0.05, 0.1) is 6.61 Å². The first-order valence-electron chi connectivity index (χ1n) is 7.43. The van der Waals surface area contributed by atoms with Crippen LogP contribution < -0.4 is 0 Å². The lowest BCUT2D eigenvalue weighted by atomic mass is 10.0. The molecular weight excluding hydrogens is 373 g/mol. The molecular formula is C17H22Cl2F2O2Si. The summed E-state index contributed by atoms with van der Waals surface area (Å²) in [4.78, 5) is 0. The summed E-state index contributed by atoms with van der Waals surface area (Å²) in [6.07, 6.45) is -2.21. The Morgan fingerprint density at radius 3 is 2.17 bits per heavy atom. The Kier molecular flexibility index (Phi) is 6.88. The normalized spacial score (nSPS) is 14.1. The van der Waals surface area contributed by atoms with Crippen LogP contribution in [0.25, 0.3) is 0 Å². The van der Waals surface area contributed by atoms with Gasteiger partial charge in [0.2, 0.25) is 0 Å². The van der Waals surface area contributed by atoms with E-state index >= 15 is 0 Å². The summed E-state index contributed by atoms with van der Waals surface area (Å²) in [7, 11) is -2.06. The van der Waals surface area contributed by atoms with E-state index in [2.05, 4.69) is 5.92 Å². The molecule has 134 valence electrons. The monoisotopic (exact) mass is 394 g/mol. The molecule has 0 aromatic heterocycles. The number of halogens is 4. The van der Waals surface area contributed by atoms with Gasteiger partial charge in [-0.25, -0.2) is 0 Å². The standard InChI is InChI=1S/C17H22Cl2F2O2Si/c1-16(2,3)24(4,5)23-11-7-10-17(20,21)15(22)14-12(18)8-6-9-13(14)19/h6,8-9,15,22H,11H2,1-5H3. The third-order valence-electron chi connectivity index (χ3n) is 4.18. The molecule has 2 nitrogen and oxygen atoms in total. The molecule has 0 aliphatic heterocycles. The van der Waals surface area contributed by atoms with E-state index in [1.165, 1.54) is 18.2 Å². The fourth-order valence-corrected chi connectivity index (χ4v) is 3.08. The van der Waals surface area contributed by atoms with Gasteiger partial charge in [-0.05, 0) is 36.2 Å². The van der Waals surface area contributed by atoms with E-state index in [-0.39, 0.29) is 27.3 Å². The summed E-state index contributed by atoms with van der Waals surface area (Å²) in [6, 6.07) is 4.28. The van der Waals surface area contributed by atoms with Crippen molar-refractivity contribution < 1.29 is 18.3 Å². The molecule has 0 amide bonds. The minimum absolute atomic E-state index is 0.0333. The van der Waals surface area contributed by atoms with Crippen LogP contribution in [-0.4, -0.2) is 26.0 Å². The molecule has 0 saturated heterocycles. The molecule has 0 saturated carbocycles. The van der Waals surface area contributed by atoms with Gasteiger partial charge in [-0.2, -0.15) is 8.78 Å². The lowest BCUT2D eigenvalue weighted by Crippen LogP contribution is -2.40. The number of aliphatic hydroxyl groups excluding tert-OH is 1. The minimum atomic E-state index is -3.69. The molecule has 0 aliphatic rings. The van der Waals surface area contributed by atoms with E-state index in [4.69, 9.17) is 27.6 Å². The Bertz CT molecular complexity index is 626. The molecule has 1 rings (SSSR count). The lowest BCUT2D eigenvalue weighted by Gasteiger charge is -2.35. The average molecular weight is 395 g/mol. The molecule has 1 aromatic carbocycles. The largest absolute Gasteiger partial charge is 0.406 e. The fraction of sp³-hybridized carbons (Fsp3) is 0.529. The molecule has 0 bridgehead atoms. The molecule has 1 aromatic rings. The summed E-state index contributed by atoms with van der Waals surface area (Å²) in [5.74, 6) is 0.403. The molecule has 0 heterocycles. The Morgan fingerprint density at radius 2 is 1.71 bits per heavy atom. The van der Waals surface area contributed by atoms with Crippen LogP contribution >= 0.6 is 23.2 Å². The van der Waals surface area contributed by atoms with Gasteiger partial charge in [-0.3, -0.25) is 0 Å². The molecule has 1 unspecified atom stereocenters. The Labute approximate surface area is 153 Å². The summed E-state index contributed by atoms with van der Waals surface area (Å²) in [6.45, 7) is 10.0. The number of aliphatic hydroxyl groups is 1. The van der Waals surface area contributed by atoms with Crippen LogP contribution in [0.1, 0.15) is 32.4 Å². The van der Waals surface area contributed by atoms with Crippen molar-refractivity contribution in [3.8, 4) is 11.8 Å². The van der Waals surface area contributed by atoms with E-state index in [9.17, 15) is 13.9 Å². The van der Waals surface area contributed by atoms with E-state index in [0.717, 1.165) is 0 Å². The zero-order chi connectivity index (χ0) is 18.8. The van der Waals surface area contributed by atoms with Crippen LogP contribution in [0.15, 0.2) is 18.2 Å². The molecule has 1 atom stereocenters. The Balaban J connectivity index is 2.88. The minimum Gasteiger partial charge on any atom is -0.406 e. The summed E-state index contributed by atoms with van der Waals surface area (Å²) in [5, 5.41) is 9.84. The molecule has 0 fully saturated rings. The number of benzene rings is 1. The first kappa shape index (κ1) is 21.4. The molecule has 0 radical (unpaired) electrons. The van der Waals surface area contributed by atoms with E-state index < -0.39 is 20.3 Å². The van der Waals surface area contributed by atoms with Crippen molar-refractivity contribution >= 4 is 31.5 Å². The maximum Gasteiger partial charge on any atom is 0.337 e. The van der Waals surface area contributed by atoms with Gasteiger partial charge < -0.3 is 9.53 Å². The van der Waals surface area contributed by atoms with E-state index in [0.29, 0.717) is 0 Å². The lowest BCUT2D eigenvalue weighted by molar-refractivity contribution is -0.0636. The van der Waals surface area contributed by atoms with Gasteiger partial charge in [-0.1, -0.05) is 56.0 Å². The van der Waals surface area contributed by atoms with Crippen LogP contribution in [0.5, 0.6) is 0 Å². The summed E-state index contributed by atoms with van der Waals surface area (Å²) >= 11 is 11.7. The van der Waals surface area contributed by atoms with Gasteiger partial charge >= 0.3 is 5.92 Å². The highest BCUT2D eigenvalue weighted by Crippen LogP contribution is 2.39. The van der Waals surface area contributed by atoms with Gasteiger partial charge in [0.25, 0.3) is 0 Å². The zero-order valence-corrected chi connectivity index (χ0v) is 16.9. The number of hydrogen-bond donors (Lipinski definition) is 1. The second-order valence-corrected chi connectivity index (χ2v) is 12.6. The van der Waals surface area contributed by atoms with Gasteiger partial charge in [0.1, 0.15) is 0 Å². The number of hydrogen-bond acceptors (Lipinski definition) is 2. The predicted molar refractivity (Wildman–Crippen MR) is 97.3 cm³/mol. The first-order valence-corrected chi connectivity index (χ1v) is 11.1. The van der Waals surface area contributed by atoms with Gasteiger partial charge in [0.15, 0.2) is 14.4 Å². The first-order chi connectivity index (χ1) is 10.8. The molecule has 0 spiro atoms. The third-order valence-corrected chi connectivity index (χ3v) is 9.32. The topological polar surface area (TPSA) is 29.5 Å². The van der Waals surface area contributed by atoms with Crippen molar-refractivity contribution in [1.29, 1.82) is 0 Å². The molecule has 24 heavy (non-hydrogen) atoms. The summed E-state index contributed by atoms with van der Waals surface area (Å²) in [5.41, 5.74) is -0.231. The van der Waals surface area contributed by atoms with E-state index in [1.54, 1.807) is 5.92 Å². The Hall–Kier alpha value is -0.643. The second-order valence-electron chi connectivity index (χ2n) is 7.01. The quantitative estimate of drug-likeness (QED) is 0.525. The van der Waals surface area contributed by atoms with Crippen molar-refractivity contribution in [1.82, 2.24) is 0 Å². The molecule has 7 heteroatoms. The van der Waals surface area contributed by atoms with Gasteiger partial charge in [0, 0.05) is 15.6 Å². The van der Waals surface area contributed by atoms with Crippen LogP contribution in [0.4, 0.5) is 8.78 Å². The number of alkyl halides is 2. The van der Waals surface area contributed by atoms with Crippen molar-refractivity contribution in [3.05, 3.63) is 33.8 Å². The SMILES string of the molecule is CC(C)(C)[Si](C)(C)OCC#CC(F)(F)C(O)c1c(Cl)cccc1Cl. The average Bonchev–Trinajstić information content (AvgIpc) is 2.42. The van der Waals surface area contributed by atoms with Crippen molar-refractivity contribution in [2.45, 2.75) is 50.9 Å². The fourth-order valence-electron chi connectivity index (χ4n) is 1.61. The predicted octanol–water partition coefficient (Wildman–Crippen LogP) is 5.69. The highest BCUT2D eigenvalue weighted by Gasteiger charge is 2.40. The zero-order valence-electron chi connectivity index (χ0n) is 14.4. The maximum atomic E-state index is 14.1. The second kappa shape index (κ2) is 7.71. The van der Waals surface area contributed by atoms with Crippen LogP contribution in [-0.2, 0) is 4.43 Å². The van der Waals surface area contributed by atoms with Crippen LogP contribution in [0.2, 0.25) is 28.2 Å². The Morgan fingerprint density at radius 1 is 1.21 bits per heavy atom. The van der Waals surface area contributed by atoms with Crippen molar-refractivity contribution in [2.75, 3.05) is 6.61 Å². The van der Waals surface area contributed by atoms with E-state index in [1.807, 2.05) is 33.9 Å². The van der Waals surface area contributed by atoms with Crippen LogP contribution in [0, 0.1) is 11.8 Å². The summed E-state index contributed by atoms with van der Waals surface area (Å²) < 4.78 is 34.0. The maximum absolute atomic E-state index is 14.1. The van der Waals surface area contributed by atoms with Crippen molar-refractivity contribution in [2.24, 2.45) is 0 Å².